The molecule has 0 aliphatic heterocycles. The molecule has 1 aliphatic rings. The molecular formula is C26H32BrFN2O3. The van der Waals surface area contributed by atoms with Crippen molar-refractivity contribution >= 4 is 27.7 Å². The van der Waals surface area contributed by atoms with Gasteiger partial charge in [-0.25, -0.2) is 4.39 Å². The van der Waals surface area contributed by atoms with E-state index < -0.39 is 6.04 Å². The summed E-state index contributed by atoms with van der Waals surface area (Å²) in [6, 6.07) is 11.3. The molecule has 0 spiro atoms. The van der Waals surface area contributed by atoms with Crippen LogP contribution in [0, 0.1) is 5.82 Å². The van der Waals surface area contributed by atoms with Gasteiger partial charge < -0.3 is 15.0 Å². The van der Waals surface area contributed by atoms with E-state index in [0.29, 0.717) is 12.2 Å². The van der Waals surface area contributed by atoms with Crippen LogP contribution in [-0.4, -0.2) is 35.4 Å². The third kappa shape index (κ3) is 7.03. The highest BCUT2D eigenvalue weighted by molar-refractivity contribution is 9.10. The summed E-state index contributed by atoms with van der Waals surface area (Å²) >= 11 is 3.50. The van der Waals surface area contributed by atoms with Gasteiger partial charge in [0.15, 0.2) is 6.61 Å². The largest absolute Gasteiger partial charge is 0.483 e. The Morgan fingerprint density at radius 1 is 1.12 bits per heavy atom. The van der Waals surface area contributed by atoms with Crippen LogP contribution in [0.25, 0.3) is 0 Å². The number of nitrogens with zero attached hydrogens (tertiary/aromatic N) is 1. The molecule has 2 aromatic rings. The van der Waals surface area contributed by atoms with Crippen molar-refractivity contribution in [1.29, 1.82) is 0 Å². The van der Waals surface area contributed by atoms with E-state index in [9.17, 15) is 14.0 Å². The Morgan fingerprint density at radius 3 is 2.39 bits per heavy atom. The predicted molar refractivity (Wildman–Crippen MR) is 130 cm³/mol. The Bertz CT molecular complexity index is 945. The molecule has 0 bridgehead atoms. The lowest BCUT2D eigenvalue weighted by Gasteiger charge is -2.31. The first kappa shape index (κ1) is 25.2. The molecule has 0 heterocycles. The van der Waals surface area contributed by atoms with Crippen LogP contribution in [0.4, 0.5) is 4.39 Å². The summed E-state index contributed by atoms with van der Waals surface area (Å²) in [4.78, 5) is 27.9. The van der Waals surface area contributed by atoms with Gasteiger partial charge >= 0.3 is 0 Å². The van der Waals surface area contributed by atoms with Gasteiger partial charge in [-0.05, 0) is 77.0 Å². The van der Waals surface area contributed by atoms with Crippen molar-refractivity contribution in [2.24, 2.45) is 0 Å². The van der Waals surface area contributed by atoms with E-state index in [0.717, 1.165) is 47.7 Å². The van der Waals surface area contributed by atoms with Crippen LogP contribution < -0.4 is 10.1 Å². The second-order valence-electron chi connectivity index (χ2n) is 8.47. The van der Waals surface area contributed by atoms with E-state index in [2.05, 4.69) is 28.2 Å². The van der Waals surface area contributed by atoms with E-state index in [1.165, 1.54) is 12.1 Å². The van der Waals surface area contributed by atoms with Crippen molar-refractivity contribution in [3.8, 4) is 5.75 Å². The number of ether oxygens (including phenoxy) is 1. The van der Waals surface area contributed by atoms with Gasteiger partial charge in [0.05, 0.1) is 4.47 Å². The maximum absolute atomic E-state index is 13.4. The quantitative estimate of drug-likeness (QED) is 0.458. The van der Waals surface area contributed by atoms with E-state index in [-0.39, 0.29) is 36.8 Å². The first-order valence-corrected chi connectivity index (χ1v) is 12.5. The van der Waals surface area contributed by atoms with Crippen LogP contribution in [0.15, 0.2) is 46.9 Å². The van der Waals surface area contributed by atoms with Gasteiger partial charge in [-0.2, -0.15) is 0 Å². The molecule has 0 aromatic heterocycles. The zero-order valence-electron chi connectivity index (χ0n) is 19.3. The molecule has 1 N–H and O–H groups in total. The molecule has 178 valence electrons. The normalized spacial score (nSPS) is 14.7. The zero-order chi connectivity index (χ0) is 23.8. The number of carbonyl (C=O) groups is 2. The number of rotatable bonds is 10. The van der Waals surface area contributed by atoms with Gasteiger partial charge in [0, 0.05) is 12.6 Å². The van der Waals surface area contributed by atoms with E-state index in [4.69, 9.17) is 4.74 Å². The van der Waals surface area contributed by atoms with Crippen molar-refractivity contribution in [1.82, 2.24) is 10.2 Å². The summed E-state index contributed by atoms with van der Waals surface area (Å²) in [5.74, 6) is -0.204. The van der Waals surface area contributed by atoms with Gasteiger partial charge in [0.25, 0.3) is 5.91 Å². The van der Waals surface area contributed by atoms with Crippen LogP contribution in [0.3, 0.4) is 0 Å². The summed E-state index contributed by atoms with van der Waals surface area (Å²) in [6.45, 7) is 3.97. The average Bonchev–Trinajstić information content (AvgIpc) is 3.32. The number of carbonyl (C=O) groups excluding carboxylic acids is 2. The number of benzene rings is 2. The Labute approximate surface area is 203 Å². The Morgan fingerprint density at radius 2 is 1.79 bits per heavy atom. The number of hydrogen-bond acceptors (Lipinski definition) is 3. The fourth-order valence-corrected chi connectivity index (χ4v) is 4.72. The molecule has 1 atom stereocenters. The first-order chi connectivity index (χ1) is 15.9. The molecule has 7 heteroatoms. The molecule has 2 amide bonds. The molecule has 1 fully saturated rings. The van der Waals surface area contributed by atoms with Crippen molar-refractivity contribution in [2.75, 3.05) is 6.61 Å². The van der Waals surface area contributed by atoms with Gasteiger partial charge in [-0.15, -0.1) is 0 Å². The number of aryl methyl sites for hydroxylation is 1. The molecule has 0 unspecified atom stereocenters. The third-order valence-electron chi connectivity index (χ3n) is 6.11. The number of nitrogens with one attached hydrogen (secondary N) is 1. The van der Waals surface area contributed by atoms with Gasteiger partial charge in [0.1, 0.15) is 17.6 Å². The average molecular weight is 519 g/mol. The number of hydrogen-bond donors (Lipinski definition) is 1. The van der Waals surface area contributed by atoms with Crippen LogP contribution >= 0.6 is 15.9 Å². The maximum Gasteiger partial charge on any atom is 0.261 e. The smallest absolute Gasteiger partial charge is 0.261 e. The van der Waals surface area contributed by atoms with Gasteiger partial charge in [-0.1, -0.05) is 44.9 Å². The highest BCUT2D eigenvalue weighted by Gasteiger charge is 2.31. The summed E-state index contributed by atoms with van der Waals surface area (Å²) in [6.07, 6.45) is 5.54. The van der Waals surface area contributed by atoms with E-state index >= 15 is 0 Å². The Balaban J connectivity index is 1.76. The fraction of sp³-hybridized carbons (Fsp3) is 0.462. The molecule has 0 saturated heterocycles. The van der Waals surface area contributed by atoms with Crippen LogP contribution in [0.1, 0.15) is 57.1 Å². The minimum atomic E-state index is -0.627. The monoisotopic (exact) mass is 518 g/mol. The minimum Gasteiger partial charge on any atom is -0.483 e. The minimum absolute atomic E-state index is 0.145. The molecule has 3 rings (SSSR count). The van der Waals surface area contributed by atoms with Crippen LogP contribution in [0.2, 0.25) is 0 Å². The molecule has 5 nitrogen and oxygen atoms in total. The molecule has 2 aromatic carbocycles. The summed E-state index contributed by atoms with van der Waals surface area (Å²) < 4.78 is 20.0. The highest BCUT2D eigenvalue weighted by Crippen LogP contribution is 2.26. The van der Waals surface area contributed by atoms with Gasteiger partial charge in [0.2, 0.25) is 5.91 Å². The molecule has 1 aliphatic carbocycles. The fourth-order valence-electron chi connectivity index (χ4n) is 4.18. The van der Waals surface area contributed by atoms with Crippen LogP contribution in [0.5, 0.6) is 5.75 Å². The standard InChI is InChI=1S/C26H32BrFN2O3/c1-3-18-11-14-24(22(27)15-18)33-17-25(31)30(16-19-9-12-20(28)13-10-19)23(4-2)26(32)29-21-7-5-6-8-21/h9-15,21,23H,3-8,16-17H2,1-2H3,(H,29,32)/t23-/m0/s1. The second-order valence-corrected chi connectivity index (χ2v) is 9.32. The van der Waals surface area contributed by atoms with Crippen molar-refractivity contribution in [2.45, 2.75) is 71.0 Å². The first-order valence-electron chi connectivity index (χ1n) is 11.7. The Hall–Kier alpha value is -2.41. The molecule has 0 radical (unpaired) electrons. The molecule has 33 heavy (non-hydrogen) atoms. The third-order valence-corrected chi connectivity index (χ3v) is 6.73. The summed E-state index contributed by atoms with van der Waals surface area (Å²) in [7, 11) is 0. The summed E-state index contributed by atoms with van der Waals surface area (Å²) in [5, 5.41) is 3.11. The van der Waals surface area contributed by atoms with E-state index in [1.807, 2.05) is 25.1 Å². The molecule has 1 saturated carbocycles. The SMILES string of the molecule is CCc1ccc(OCC(=O)N(Cc2ccc(F)cc2)[C@@H](CC)C(=O)NC2CCCC2)c(Br)c1. The lowest BCUT2D eigenvalue weighted by molar-refractivity contribution is -0.143. The van der Waals surface area contributed by atoms with Crippen molar-refractivity contribution < 1.29 is 18.7 Å². The van der Waals surface area contributed by atoms with Crippen LogP contribution in [-0.2, 0) is 22.6 Å². The van der Waals surface area contributed by atoms with Crippen molar-refractivity contribution in [3.63, 3.8) is 0 Å². The Kier molecular flexibility index (Phi) is 9.30. The highest BCUT2D eigenvalue weighted by atomic mass is 79.9. The molecular weight excluding hydrogens is 487 g/mol. The lowest BCUT2D eigenvalue weighted by Crippen LogP contribution is -2.52. The van der Waals surface area contributed by atoms with Gasteiger partial charge in [-0.3, -0.25) is 9.59 Å². The predicted octanol–water partition coefficient (Wildman–Crippen LogP) is 5.40. The second kappa shape index (κ2) is 12.2. The lowest BCUT2D eigenvalue weighted by atomic mass is 10.1. The topological polar surface area (TPSA) is 58.6 Å². The van der Waals surface area contributed by atoms with E-state index in [1.54, 1.807) is 17.0 Å². The summed E-state index contributed by atoms with van der Waals surface area (Å²) in [5.41, 5.74) is 1.92. The number of amides is 2. The van der Waals surface area contributed by atoms with Crippen molar-refractivity contribution in [3.05, 3.63) is 63.9 Å². The maximum atomic E-state index is 13.4. The number of halogens is 2. The zero-order valence-corrected chi connectivity index (χ0v) is 20.9.